The number of nitrogens with zero attached hydrogens (tertiary/aromatic N) is 17. The monoisotopic (exact) mass is 2440 g/mol. The zero-order chi connectivity index (χ0) is 87.4. The van der Waals surface area contributed by atoms with E-state index in [0.29, 0.717) is 46.0 Å². The third-order valence-electron chi connectivity index (χ3n) is 20.9. The number of hydrogen-bond acceptors (Lipinski definition) is 15. The van der Waals surface area contributed by atoms with E-state index in [0.717, 1.165) is 141 Å². The summed E-state index contributed by atoms with van der Waals surface area (Å²) in [5, 5.41) is 23.3. The quantitative estimate of drug-likeness (QED) is 0.0660. The predicted molar refractivity (Wildman–Crippen MR) is 495 cm³/mol. The molecule has 0 amide bonds. The number of aromatic nitrogens is 13. The van der Waals surface area contributed by atoms with Gasteiger partial charge in [-0.15, -0.1) is 163 Å². The fraction of sp³-hybridized carbons (Fsp3) is 0.104. The molecule has 7 aromatic heterocycles. The Kier molecular flexibility index (Phi) is 31.7. The minimum atomic E-state index is 0. The summed E-state index contributed by atoms with van der Waals surface area (Å²) in [6.45, 7) is 20.3. The summed E-state index contributed by atoms with van der Waals surface area (Å²) in [6, 6.07) is 110. The van der Waals surface area contributed by atoms with Crippen LogP contribution in [0, 0.1) is 117 Å². The zero-order valence-corrected chi connectivity index (χ0v) is 82.3. The molecular formula is C106H87N17O4Pt4-6. The van der Waals surface area contributed by atoms with Gasteiger partial charge in [0.15, 0.2) is 0 Å². The van der Waals surface area contributed by atoms with Crippen molar-refractivity contribution in [3.8, 4) is 130 Å². The zero-order valence-electron chi connectivity index (χ0n) is 73.2. The van der Waals surface area contributed by atoms with Crippen molar-refractivity contribution in [1.29, 1.82) is 0 Å². The van der Waals surface area contributed by atoms with Gasteiger partial charge in [-0.1, -0.05) is 103 Å². The van der Waals surface area contributed by atoms with Gasteiger partial charge in [0.2, 0.25) is 0 Å². The third-order valence-corrected chi connectivity index (χ3v) is 20.9. The summed E-state index contributed by atoms with van der Waals surface area (Å²) in [6.07, 6.45) is 18.9. The van der Waals surface area contributed by atoms with Crippen molar-refractivity contribution in [1.82, 2.24) is 73.2 Å². The van der Waals surface area contributed by atoms with Gasteiger partial charge in [0.05, 0.1) is 34.8 Å². The fourth-order valence-electron chi connectivity index (χ4n) is 15.0. The molecule has 0 saturated carbocycles. The summed E-state index contributed by atoms with van der Waals surface area (Å²) in [5.41, 5.74) is 23.8. The molecule has 0 spiro atoms. The molecule has 25 heteroatoms. The standard InChI is InChI=1S/C28H24N4O.C27H23N4O.C27H22N4O.C24H18N5O.4Pt/c1-19-16-20(2)31(29-19)24-12-8-14-26(17-24)33-27-15-9-13-25(18-27)32-22(4)28(21(3)30-32)23-10-6-5-7-11-23;1-20-27(22-9-5-4-6-10-22)21(2)31(28-20)24-12-8-14-26(18-24)32-25-13-7-11-23(17-25)30-16-15-29(3)19-30;1-19-26(21-9-5-4-6-10-21)20(2)31(29-19)23-12-8-14-25(18-23)32-24-13-7-11-22(17-24)27-28-15-16-30(27)3;1-27-11-12-28(18-27)21-6-2-8-23(13-21)30-24-9-3-7-22(14-24)29-17-20(16-26-29)19-5-4-10-25-15-19;;;;/h5-16H,1-4H3;4-16,19H,1-3H3;4-16H,1-3H3;2-12,15-18H,1H3;;;;/q-2;-3;-2;-3;;;2*+2. The van der Waals surface area contributed by atoms with Crippen molar-refractivity contribution >= 4 is 11.4 Å². The van der Waals surface area contributed by atoms with Crippen molar-refractivity contribution in [3.05, 3.63) is 424 Å². The van der Waals surface area contributed by atoms with Gasteiger partial charge in [0.1, 0.15) is 0 Å². The van der Waals surface area contributed by atoms with E-state index in [1.165, 1.54) is 0 Å². The molecule has 0 unspecified atom stereocenters. The van der Waals surface area contributed by atoms with Crippen LogP contribution in [-0.4, -0.2) is 87.3 Å². The number of aryl methyl sites for hydroxylation is 6. The van der Waals surface area contributed by atoms with Crippen LogP contribution in [0.3, 0.4) is 0 Å². The van der Waals surface area contributed by atoms with Crippen LogP contribution in [-0.2, 0) is 91.3 Å². The van der Waals surface area contributed by atoms with Gasteiger partial charge in [-0.25, -0.2) is 0 Å². The number of hydrogen-bond donors (Lipinski definition) is 0. The van der Waals surface area contributed by atoms with Crippen LogP contribution in [0.1, 0.15) is 45.6 Å². The molecule has 18 aromatic rings. The summed E-state index contributed by atoms with van der Waals surface area (Å²) in [5.74, 6) is 5.71. The smallest absolute Gasteiger partial charge is 0.510 e. The molecule has 11 aromatic carbocycles. The van der Waals surface area contributed by atoms with E-state index in [2.05, 4.69) is 126 Å². The van der Waals surface area contributed by atoms with Gasteiger partial charge in [0.25, 0.3) is 0 Å². The van der Waals surface area contributed by atoms with Crippen molar-refractivity contribution in [2.24, 2.45) is 7.05 Å². The second kappa shape index (κ2) is 43.7. The first-order valence-electron chi connectivity index (χ1n) is 41.2. The van der Waals surface area contributed by atoms with Crippen molar-refractivity contribution in [2.45, 2.75) is 55.4 Å². The summed E-state index contributed by atoms with van der Waals surface area (Å²) >= 11 is 0. The van der Waals surface area contributed by atoms with E-state index in [1.807, 2.05) is 380 Å². The number of anilines is 2. The Morgan fingerprint density at radius 3 is 1.02 bits per heavy atom. The first kappa shape index (κ1) is 95.1. The Labute approximate surface area is 821 Å². The predicted octanol–water partition coefficient (Wildman–Crippen LogP) is 22.9. The van der Waals surface area contributed by atoms with Gasteiger partial charge >= 0.3 is 42.1 Å². The second-order valence-electron chi connectivity index (χ2n) is 30.2. The number of pyridine rings is 1. The van der Waals surface area contributed by atoms with E-state index in [-0.39, 0.29) is 84.3 Å². The second-order valence-corrected chi connectivity index (χ2v) is 30.2. The third kappa shape index (κ3) is 22.7. The number of rotatable bonds is 20. The van der Waals surface area contributed by atoms with Crippen molar-refractivity contribution in [3.63, 3.8) is 0 Å². The fourth-order valence-corrected chi connectivity index (χ4v) is 15.0. The molecule has 0 saturated heterocycles. The molecule has 0 bridgehead atoms. The van der Waals surface area contributed by atoms with E-state index >= 15 is 0 Å². The molecule has 0 fully saturated rings. The Morgan fingerprint density at radius 2 is 0.672 bits per heavy atom. The Hall–Kier alpha value is -13.5. The van der Waals surface area contributed by atoms with Crippen molar-refractivity contribution < 1.29 is 103 Å². The van der Waals surface area contributed by atoms with Gasteiger partial charge in [-0.05, 0) is 152 Å². The van der Waals surface area contributed by atoms with Crippen LogP contribution in [0.4, 0.5) is 11.4 Å². The Morgan fingerprint density at radius 1 is 0.321 bits per heavy atom. The minimum Gasteiger partial charge on any atom is -0.510 e. The van der Waals surface area contributed by atoms with E-state index < -0.39 is 0 Å². The normalized spacial score (nSPS) is 11.7. The molecule has 0 radical (unpaired) electrons. The van der Waals surface area contributed by atoms with Crippen LogP contribution in [0.15, 0.2) is 317 Å². The van der Waals surface area contributed by atoms with Gasteiger partial charge in [0, 0.05) is 177 Å². The summed E-state index contributed by atoms with van der Waals surface area (Å²) in [7, 11) is 5.92. The molecular weight excluding hydrogens is 2360 g/mol. The number of ether oxygens (including phenoxy) is 4. The van der Waals surface area contributed by atoms with Crippen LogP contribution in [0.25, 0.3) is 84.3 Å². The molecule has 666 valence electrons. The molecule has 21 nitrogen and oxygen atoms in total. The maximum absolute atomic E-state index is 6.12. The molecule has 2 aliphatic heterocycles. The topological polar surface area (TPSA) is 170 Å². The first-order chi connectivity index (χ1) is 61.9. The summed E-state index contributed by atoms with van der Waals surface area (Å²) < 4.78 is 35.7. The molecule has 0 aliphatic carbocycles. The molecule has 2 aliphatic rings. The average Bonchev–Trinajstić information content (AvgIpc) is 1.65. The SMILES string of the molecule is CN1C=CN(c2[c-]c(Oc3[c-]c(-n4cc(-c5cccnc5)cn4)ccc3)ccc2)[CH-]1.Cc1cc(C)n(-c2[c-]c(Oc3[c-]c(-n4nc(C)c(-c5ccccc5)c4C)ccc3)ccc2)n1.Cc1nn(-c2[c-]c(Oc3[c-]c(-c4nccn4C)ccc3)ccc2)c(C)c1-c1ccccc1.Cc1nn(-c2[c-]c(Oc3[c-]c(N4C=CN(C)[CH-]4)ccc3)ccc2)c(C)c1-c1ccccc1.[Pt+2].[Pt+2].[Pt].[Pt]. The molecule has 9 heterocycles. The van der Waals surface area contributed by atoms with Crippen molar-refractivity contribution in [2.75, 3.05) is 23.9 Å². The van der Waals surface area contributed by atoms with Gasteiger partial charge in [-0.3, -0.25) is 33.4 Å². The van der Waals surface area contributed by atoms with Crippen LogP contribution >= 0.6 is 0 Å². The maximum atomic E-state index is 6.12. The van der Waals surface area contributed by atoms with E-state index in [9.17, 15) is 0 Å². The van der Waals surface area contributed by atoms with Gasteiger partial charge < -0.3 is 43.1 Å². The van der Waals surface area contributed by atoms with Crippen LogP contribution in [0.5, 0.6) is 46.0 Å². The minimum absolute atomic E-state index is 0. The average molecular weight is 2440 g/mol. The molecule has 131 heavy (non-hydrogen) atoms. The maximum Gasteiger partial charge on any atom is 2.00 e. The Balaban J connectivity index is 0.000000147. The first-order valence-corrected chi connectivity index (χ1v) is 41.2. The molecule has 0 atom stereocenters. The number of imidazole rings is 1. The van der Waals surface area contributed by atoms with E-state index in [1.54, 1.807) is 17.1 Å². The van der Waals surface area contributed by atoms with Crippen LogP contribution in [0.2, 0.25) is 0 Å². The Bertz CT molecular complexity index is 6950. The number of benzene rings is 11. The van der Waals surface area contributed by atoms with Crippen LogP contribution < -0.4 is 28.7 Å². The molecule has 20 rings (SSSR count). The molecule has 0 N–H and O–H groups in total. The largest absolute Gasteiger partial charge is 2.00 e. The van der Waals surface area contributed by atoms with Gasteiger partial charge in [-0.2, -0.15) is 81.3 Å². The summed E-state index contributed by atoms with van der Waals surface area (Å²) in [4.78, 5) is 16.5. The van der Waals surface area contributed by atoms with E-state index in [4.69, 9.17) is 34.2 Å².